The molecule has 0 spiro atoms. The van der Waals surface area contributed by atoms with E-state index >= 15 is 0 Å². The third-order valence-electron chi connectivity index (χ3n) is 3.06. The van der Waals surface area contributed by atoms with Crippen molar-refractivity contribution >= 4 is 33.3 Å². The van der Waals surface area contributed by atoms with Gasteiger partial charge >= 0.3 is 0 Å². The molecular weight excluding hydrogens is 276 g/mol. The Morgan fingerprint density at radius 2 is 1.84 bits per heavy atom. The van der Waals surface area contributed by atoms with Crippen LogP contribution in [0, 0.1) is 13.8 Å². The lowest BCUT2D eigenvalue weighted by molar-refractivity contribution is 0.519. The second-order valence-electron chi connectivity index (χ2n) is 5.29. The molecule has 0 aliphatic carbocycles. The number of hydrogen-bond donors (Lipinski definition) is 0. The summed E-state index contributed by atoms with van der Waals surface area (Å²) >= 11 is 3.27. The lowest BCUT2D eigenvalue weighted by atomic mass is 10.2. The van der Waals surface area contributed by atoms with Crippen molar-refractivity contribution in [3.63, 3.8) is 0 Å². The summed E-state index contributed by atoms with van der Waals surface area (Å²) in [7, 11) is 0. The highest BCUT2D eigenvalue weighted by Crippen LogP contribution is 2.30. The van der Waals surface area contributed by atoms with Gasteiger partial charge < -0.3 is 0 Å². The molecule has 0 saturated heterocycles. The van der Waals surface area contributed by atoms with Gasteiger partial charge in [0.25, 0.3) is 5.56 Å². The molecule has 19 heavy (non-hydrogen) atoms. The monoisotopic (exact) mass is 296 g/mol. The maximum atomic E-state index is 12.7. The zero-order valence-corrected chi connectivity index (χ0v) is 13.9. The highest BCUT2D eigenvalue weighted by molar-refractivity contribution is 7.99. The van der Waals surface area contributed by atoms with Gasteiger partial charge in [0.2, 0.25) is 0 Å². The van der Waals surface area contributed by atoms with E-state index in [4.69, 9.17) is 4.98 Å². The zero-order chi connectivity index (χ0) is 14.3. The van der Waals surface area contributed by atoms with E-state index in [2.05, 4.69) is 20.8 Å². The van der Waals surface area contributed by atoms with Crippen molar-refractivity contribution in [2.45, 2.75) is 58.0 Å². The van der Waals surface area contributed by atoms with Crippen LogP contribution in [-0.4, -0.2) is 14.8 Å². The normalized spacial score (nSPS) is 12.0. The molecule has 0 aliphatic heterocycles. The van der Waals surface area contributed by atoms with E-state index in [1.54, 1.807) is 23.1 Å². The standard InChI is InChI=1S/C14H20N2OS2/c1-7(2)16-13(17)11-9(5)10(6)19-12(11)15-14(16)18-8(3)4/h7-8H,1-6H3. The van der Waals surface area contributed by atoms with Gasteiger partial charge in [-0.15, -0.1) is 11.3 Å². The molecule has 0 amide bonds. The number of thiophene rings is 1. The van der Waals surface area contributed by atoms with Crippen LogP contribution in [0.1, 0.15) is 44.2 Å². The molecular formula is C14H20N2OS2. The average Bonchev–Trinajstić information content (AvgIpc) is 2.53. The highest BCUT2D eigenvalue weighted by atomic mass is 32.2. The molecule has 5 heteroatoms. The summed E-state index contributed by atoms with van der Waals surface area (Å²) < 4.78 is 1.83. The summed E-state index contributed by atoms with van der Waals surface area (Å²) in [5.41, 5.74) is 1.18. The van der Waals surface area contributed by atoms with E-state index in [1.165, 1.54) is 4.88 Å². The molecule has 0 aromatic carbocycles. The van der Waals surface area contributed by atoms with Gasteiger partial charge in [-0.25, -0.2) is 4.98 Å². The quantitative estimate of drug-likeness (QED) is 0.630. The fraction of sp³-hybridized carbons (Fsp3) is 0.571. The van der Waals surface area contributed by atoms with Gasteiger partial charge in [-0.05, 0) is 33.3 Å². The number of aromatic nitrogens is 2. The maximum Gasteiger partial charge on any atom is 0.263 e. The molecule has 104 valence electrons. The molecule has 3 nitrogen and oxygen atoms in total. The predicted octanol–water partition coefficient (Wildman–Crippen LogP) is 4.16. The van der Waals surface area contributed by atoms with Gasteiger partial charge in [-0.1, -0.05) is 25.6 Å². The van der Waals surface area contributed by atoms with Crippen molar-refractivity contribution in [3.8, 4) is 0 Å². The minimum Gasteiger partial charge on any atom is -0.284 e. The smallest absolute Gasteiger partial charge is 0.263 e. The Morgan fingerprint density at radius 3 is 2.37 bits per heavy atom. The Kier molecular flexibility index (Phi) is 4.06. The number of thioether (sulfide) groups is 1. The Hall–Kier alpha value is -0.810. The highest BCUT2D eigenvalue weighted by Gasteiger charge is 2.18. The molecule has 0 N–H and O–H groups in total. The Labute approximate surface area is 122 Å². The van der Waals surface area contributed by atoms with Gasteiger partial charge in [0, 0.05) is 16.2 Å². The summed E-state index contributed by atoms with van der Waals surface area (Å²) in [6.45, 7) is 12.4. The van der Waals surface area contributed by atoms with Gasteiger partial charge in [0.05, 0.1) is 5.39 Å². The van der Waals surface area contributed by atoms with Crippen LogP contribution in [0.5, 0.6) is 0 Å². The molecule has 0 atom stereocenters. The van der Waals surface area contributed by atoms with Crippen LogP contribution in [0.4, 0.5) is 0 Å². The van der Waals surface area contributed by atoms with Crippen LogP contribution >= 0.6 is 23.1 Å². The number of fused-ring (bicyclic) bond motifs is 1. The zero-order valence-electron chi connectivity index (χ0n) is 12.3. The van der Waals surface area contributed by atoms with E-state index in [-0.39, 0.29) is 11.6 Å². The van der Waals surface area contributed by atoms with Gasteiger partial charge in [0.1, 0.15) is 4.83 Å². The van der Waals surface area contributed by atoms with Crippen molar-refractivity contribution in [1.82, 2.24) is 9.55 Å². The van der Waals surface area contributed by atoms with Crippen LogP contribution in [0.15, 0.2) is 9.95 Å². The first-order valence-corrected chi connectivity index (χ1v) is 8.21. The minimum absolute atomic E-state index is 0.102. The largest absolute Gasteiger partial charge is 0.284 e. The lowest BCUT2D eigenvalue weighted by Gasteiger charge is -2.16. The van der Waals surface area contributed by atoms with E-state index in [0.29, 0.717) is 5.25 Å². The third kappa shape index (κ3) is 2.58. The number of nitrogens with zero attached hydrogens (tertiary/aromatic N) is 2. The second-order valence-corrected chi connectivity index (χ2v) is 8.04. The maximum absolute atomic E-state index is 12.7. The molecule has 0 aliphatic rings. The van der Waals surface area contributed by atoms with Crippen LogP contribution in [-0.2, 0) is 0 Å². The van der Waals surface area contributed by atoms with Crippen LogP contribution in [0.2, 0.25) is 0 Å². The molecule has 0 unspecified atom stereocenters. The van der Waals surface area contributed by atoms with Crippen molar-refractivity contribution in [2.24, 2.45) is 0 Å². The molecule has 2 heterocycles. The predicted molar refractivity (Wildman–Crippen MR) is 84.7 cm³/mol. The summed E-state index contributed by atoms with van der Waals surface area (Å²) in [4.78, 5) is 19.5. The Balaban J connectivity index is 2.82. The van der Waals surface area contributed by atoms with Crippen LogP contribution < -0.4 is 5.56 Å². The van der Waals surface area contributed by atoms with Gasteiger partial charge in [-0.3, -0.25) is 9.36 Å². The summed E-state index contributed by atoms with van der Waals surface area (Å²) in [5.74, 6) is 0. The molecule has 2 aromatic rings. The fourth-order valence-corrected chi connectivity index (χ4v) is 4.09. The third-order valence-corrected chi connectivity index (χ3v) is 5.13. The topological polar surface area (TPSA) is 34.9 Å². The average molecular weight is 296 g/mol. The van der Waals surface area contributed by atoms with Crippen molar-refractivity contribution < 1.29 is 0 Å². The SMILES string of the molecule is Cc1sc2nc(SC(C)C)n(C(C)C)c(=O)c2c1C. The summed E-state index contributed by atoms with van der Waals surface area (Å²) in [6, 6.07) is 0.130. The number of aryl methyl sites for hydroxylation is 2. The summed E-state index contributed by atoms with van der Waals surface area (Å²) in [6.07, 6.45) is 0. The Bertz CT molecular complexity index is 668. The molecule has 0 fully saturated rings. The molecule has 2 aromatic heterocycles. The molecule has 0 saturated carbocycles. The Morgan fingerprint density at radius 1 is 1.21 bits per heavy atom. The first-order chi connectivity index (χ1) is 8.82. The minimum atomic E-state index is 0.102. The van der Waals surface area contributed by atoms with Gasteiger partial charge in [0.15, 0.2) is 5.16 Å². The second kappa shape index (κ2) is 5.29. The van der Waals surface area contributed by atoms with Crippen molar-refractivity contribution in [1.29, 1.82) is 0 Å². The van der Waals surface area contributed by atoms with E-state index in [0.717, 1.165) is 20.9 Å². The molecule has 0 bridgehead atoms. The van der Waals surface area contributed by atoms with E-state index in [9.17, 15) is 4.79 Å². The molecule has 2 rings (SSSR count). The van der Waals surface area contributed by atoms with Crippen molar-refractivity contribution in [3.05, 3.63) is 20.8 Å². The summed E-state index contributed by atoms with van der Waals surface area (Å²) in [5, 5.41) is 2.05. The van der Waals surface area contributed by atoms with Crippen LogP contribution in [0.25, 0.3) is 10.2 Å². The van der Waals surface area contributed by atoms with Crippen LogP contribution in [0.3, 0.4) is 0 Å². The lowest BCUT2D eigenvalue weighted by Crippen LogP contribution is -2.25. The van der Waals surface area contributed by atoms with E-state index < -0.39 is 0 Å². The number of hydrogen-bond acceptors (Lipinski definition) is 4. The molecule has 0 radical (unpaired) electrons. The number of rotatable bonds is 3. The van der Waals surface area contributed by atoms with E-state index in [1.807, 2.05) is 25.3 Å². The fourth-order valence-electron chi connectivity index (χ4n) is 2.04. The van der Waals surface area contributed by atoms with Gasteiger partial charge in [-0.2, -0.15) is 0 Å². The first kappa shape index (κ1) is 14.6. The van der Waals surface area contributed by atoms with Crippen molar-refractivity contribution in [2.75, 3.05) is 0 Å². The first-order valence-electron chi connectivity index (χ1n) is 6.51.